The molecule has 0 spiro atoms. The van der Waals surface area contributed by atoms with Crippen molar-refractivity contribution in [2.75, 3.05) is 12.4 Å². The van der Waals surface area contributed by atoms with Crippen LogP contribution >= 0.6 is 0 Å². The summed E-state index contributed by atoms with van der Waals surface area (Å²) in [6, 6.07) is 11.1. The molecule has 0 atom stereocenters. The van der Waals surface area contributed by atoms with Crippen molar-refractivity contribution in [1.29, 1.82) is 0 Å². The molecular weight excluding hydrogens is 342 g/mol. The smallest absolute Gasteiger partial charge is 0.387 e. The highest BCUT2D eigenvalue weighted by Gasteiger charge is 2.11. The molecule has 0 aliphatic carbocycles. The average Bonchev–Trinajstić information content (AvgIpc) is 2.61. The molecule has 2 N–H and O–H groups in total. The SMILES string of the molecule is CNC(=O)c1cccc(NC(=O)/C=C/c2ccccc2OC(F)F)c1C. The van der Waals surface area contributed by atoms with Gasteiger partial charge in [0.2, 0.25) is 5.91 Å². The molecule has 0 radical (unpaired) electrons. The number of ether oxygens (including phenoxy) is 1. The van der Waals surface area contributed by atoms with Gasteiger partial charge in [-0.2, -0.15) is 8.78 Å². The normalized spacial score (nSPS) is 10.8. The molecule has 2 aromatic carbocycles. The Hall–Kier alpha value is -3.22. The van der Waals surface area contributed by atoms with Crippen LogP contribution < -0.4 is 15.4 Å². The van der Waals surface area contributed by atoms with Crippen molar-refractivity contribution in [2.24, 2.45) is 0 Å². The summed E-state index contributed by atoms with van der Waals surface area (Å²) in [6.07, 6.45) is 2.59. The fraction of sp³-hybridized carbons (Fsp3) is 0.158. The number of para-hydroxylation sites is 1. The summed E-state index contributed by atoms with van der Waals surface area (Å²) < 4.78 is 29.2. The Balaban J connectivity index is 2.15. The second kappa shape index (κ2) is 8.75. The topological polar surface area (TPSA) is 67.4 Å². The van der Waals surface area contributed by atoms with Crippen molar-refractivity contribution < 1.29 is 23.1 Å². The molecule has 0 heterocycles. The van der Waals surface area contributed by atoms with E-state index >= 15 is 0 Å². The largest absolute Gasteiger partial charge is 0.434 e. The van der Waals surface area contributed by atoms with Crippen LogP contribution in [-0.2, 0) is 4.79 Å². The lowest BCUT2D eigenvalue weighted by Crippen LogP contribution is -2.20. The van der Waals surface area contributed by atoms with Gasteiger partial charge >= 0.3 is 6.61 Å². The number of amides is 2. The van der Waals surface area contributed by atoms with Gasteiger partial charge in [0.1, 0.15) is 5.75 Å². The second-order valence-electron chi connectivity index (χ2n) is 5.30. The van der Waals surface area contributed by atoms with Gasteiger partial charge in [-0.25, -0.2) is 0 Å². The van der Waals surface area contributed by atoms with Crippen molar-refractivity contribution in [1.82, 2.24) is 5.32 Å². The Morgan fingerprint density at radius 2 is 1.85 bits per heavy atom. The highest BCUT2D eigenvalue weighted by molar-refractivity contribution is 6.04. The van der Waals surface area contributed by atoms with Crippen LogP contribution in [-0.4, -0.2) is 25.5 Å². The monoisotopic (exact) mass is 360 g/mol. The molecule has 0 fully saturated rings. The van der Waals surface area contributed by atoms with Gasteiger partial charge in [-0.1, -0.05) is 24.3 Å². The van der Waals surface area contributed by atoms with Gasteiger partial charge in [0.25, 0.3) is 5.91 Å². The molecule has 5 nitrogen and oxygen atoms in total. The quantitative estimate of drug-likeness (QED) is 0.774. The summed E-state index contributed by atoms with van der Waals surface area (Å²) in [5, 5.41) is 5.20. The van der Waals surface area contributed by atoms with Crippen LogP contribution in [0.5, 0.6) is 5.75 Å². The number of hydrogen-bond acceptors (Lipinski definition) is 3. The first-order valence-electron chi connectivity index (χ1n) is 7.77. The Kier molecular flexibility index (Phi) is 6.43. The van der Waals surface area contributed by atoms with Crippen molar-refractivity contribution in [3.8, 4) is 5.75 Å². The molecular formula is C19H18F2N2O3. The third kappa shape index (κ3) is 4.89. The van der Waals surface area contributed by atoms with E-state index in [4.69, 9.17) is 0 Å². The summed E-state index contributed by atoms with van der Waals surface area (Å²) in [7, 11) is 1.52. The van der Waals surface area contributed by atoms with E-state index in [0.717, 1.165) is 0 Å². The Morgan fingerprint density at radius 3 is 2.54 bits per heavy atom. The van der Waals surface area contributed by atoms with E-state index in [-0.39, 0.29) is 11.7 Å². The fourth-order valence-electron chi connectivity index (χ4n) is 2.31. The molecule has 0 aromatic heterocycles. The summed E-state index contributed by atoms with van der Waals surface area (Å²) in [4.78, 5) is 23.9. The Labute approximate surface area is 149 Å². The highest BCUT2D eigenvalue weighted by atomic mass is 19.3. The number of carbonyl (C=O) groups is 2. The number of halogens is 2. The minimum Gasteiger partial charge on any atom is -0.434 e. The molecule has 0 saturated carbocycles. The van der Waals surface area contributed by atoms with Crippen molar-refractivity contribution in [3.63, 3.8) is 0 Å². The van der Waals surface area contributed by atoms with Crippen LogP contribution in [0.4, 0.5) is 14.5 Å². The molecule has 2 rings (SSSR count). The van der Waals surface area contributed by atoms with E-state index in [9.17, 15) is 18.4 Å². The standard InChI is InChI=1S/C19H18F2N2O3/c1-12-14(18(25)22-2)7-5-8-15(12)23-17(24)11-10-13-6-3-4-9-16(13)26-19(20)21/h3-11,19H,1-2H3,(H,22,25)(H,23,24)/b11-10+. The van der Waals surface area contributed by atoms with Gasteiger partial charge in [-0.05, 0) is 36.8 Å². The average molecular weight is 360 g/mol. The zero-order valence-corrected chi connectivity index (χ0v) is 14.3. The first kappa shape index (κ1) is 19.1. The third-order valence-electron chi connectivity index (χ3n) is 3.61. The number of rotatable bonds is 6. The molecule has 2 amide bonds. The molecule has 26 heavy (non-hydrogen) atoms. The molecule has 0 aliphatic heterocycles. The van der Waals surface area contributed by atoms with E-state index in [2.05, 4.69) is 15.4 Å². The van der Waals surface area contributed by atoms with Crippen LogP contribution in [0.15, 0.2) is 48.5 Å². The van der Waals surface area contributed by atoms with E-state index in [1.807, 2.05) is 0 Å². The molecule has 2 aromatic rings. The van der Waals surface area contributed by atoms with Gasteiger partial charge < -0.3 is 15.4 Å². The van der Waals surface area contributed by atoms with Gasteiger partial charge in [-0.3, -0.25) is 9.59 Å². The van der Waals surface area contributed by atoms with Crippen molar-refractivity contribution >= 4 is 23.6 Å². The van der Waals surface area contributed by atoms with E-state index in [1.54, 1.807) is 43.3 Å². The number of benzene rings is 2. The number of nitrogens with one attached hydrogen (secondary N) is 2. The Bertz CT molecular complexity index is 835. The van der Waals surface area contributed by atoms with E-state index < -0.39 is 12.5 Å². The maximum absolute atomic E-state index is 12.4. The molecule has 0 bridgehead atoms. The first-order valence-corrected chi connectivity index (χ1v) is 7.77. The summed E-state index contributed by atoms with van der Waals surface area (Å²) in [6.45, 7) is -1.23. The van der Waals surface area contributed by atoms with Crippen LogP contribution in [0.1, 0.15) is 21.5 Å². The zero-order valence-electron chi connectivity index (χ0n) is 14.3. The van der Waals surface area contributed by atoms with Crippen molar-refractivity contribution in [3.05, 3.63) is 65.2 Å². The van der Waals surface area contributed by atoms with Crippen molar-refractivity contribution in [2.45, 2.75) is 13.5 Å². The third-order valence-corrected chi connectivity index (χ3v) is 3.61. The molecule has 136 valence electrons. The minimum atomic E-state index is -2.95. The van der Waals surface area contributed by atoms with E-state index in [1.165, 1.54) is 25.3 Å². The van der Waals surface area contributed by atoms with Gasteiger partial charge in [0, 0.05) is 29.9 Å². The Morgan fingerprint density at radius 1 is 1.12 bits per heavy atom. The van der Waals surface area contributed by atoms with Crippen LogP contribution in [0.3, 0.4) is 0 Å². The summed E-state index contributed by atoms with van der Waals surface area (Å²) in [5.74, 6) is -0.745. The van der Waals surface area contributed by atoms with E-state index in [0.29, 0.717) is 22.4 Å². The molecule has 7 heteroatoms. The van der Waals surface area contributed by atoms with Gasteiger partial charge in [-0.15, -0.1) is 0 Å². The number of carbonyl (C=O) groups excluding carboxylic acids is 2. The van der Waals surface area contributed by atoms with Crippen LogP contribution in [0.2, 0.25) is 0 Å². The number of alkyl halides is 2. The van der Waals surface area contributed by atoms with Gasteiger partial charge in [0.05, 0.1) is 0 Å². The second-order valence-corrected chi connectivity index (χ2v) is 5.30. The summed E-state index contributed by atoms with van der Waals surface area (Å²) in [5.41, 5.74) is 1.90. The predicted octanol–water partition coefficient (Wildman–Crippen LogP) is 3.61. The van der Waals surface area contributed by atoms with Gasteiger partial charge in [0.15, 0.2) is 0 Å². The zero-order chi connectivity index (χ0) is 19.1. The number of hydrogen-bond donors (Lipinski definition) is 2. The maximum Gasteiger partial charge on any atom is 0.387 e. The lowest BCUT2D eigenvalue weighted by Gasteiger charge is -2.11. The first-order chi connectivity index (χ1) is 12.4. The molecule has 0 unspecified atom stereocenters. The minimum absolute atomic E-state index is 0.0238. The number of anilines is 1. The predicted molar refractivity (Wildman–Crippen MR) is 95.3 cm³/mol. The highest BCUT2D eigenvalue weighted by Crippen LogP contribution is 2.22. The summed E-state index contributed by atoms with van der Waals surface area (Å²) >= 11 is 0. The lowest BCUT2D eigenvalue weighted by molar-refractivity contribution is -0.111. The molecule has 0 saturated heterocycles. The maximum atomic E-state index is 12.4. The molecule has 0 aliphatic rings. The lowest BCUT2D eigenvalue weighted by atomic mass is 10.1. The fourth-order valence-corrected chi connectivity index (χ4v) is 2.31. The van der Waals surface area contributed by atoms with Crippen LogP contribution in [0.25, 0.3) is 6.08 Å². The van der Waals surface area contributed by atoms with Crippen LogP contribution in [0, 0.1) is 6.92 Å².